The van der Waals surface area contributed by atoms with Gasteiger partial charge in [-0.1, -0.05) is 0 Å². The van der Waals surface area contributed by atoms with Crippen LogP contribution in [0.3, 0.4) is 0 Å². The maximum atomic E-state index is 11.8. The molecule has 0 fully saturated rings. The summed E-state index contributed by atoms with van der Waals surface area (Å²) < 4.78 is 33.9. The van der Waals surface area contributed by atoms with E-state index in [1.54, 1.807) is 20.9 Å². The topological polar surface area (TPSA) is 89.0 Å². The van der Waals surface area contributed by atoms with E-state index in [0.29, 0.717) is 24.9 Å². The highest BCUT2D eigenvalue weighted by Crippen LogP contribution is 2.32. The van der Waals surface area contributed by atoms with Crippen molar-refractivity contribution in [1.29, 1.82) is 0 Å². The summed E-state index contributed by atoms with van der Waals surface area (Å²) in [5, 5.41) is 6.18. The number of aliphatic imine (C=N–C) groups is 1. The molecule has 2 N–H and O–H groups in total. The van der Waals surface area contributed by atoms with Crippen molar-refractivity contribution in [2.75, 3.05) is 38.4 Å². The molecule has 142 valence electrons. The van der Waals surface area contributed by atoms with Gasteiger partial charge in [0.15, 0.2) is 27.3 Å². The second-order valence-corrected chi connectivity index (χ2v) is 8.94. The fourth-order valence-electron chi connectivity index (χ4n) is 1.98. The van der Waals surface area contributed by atoms with Crippen LogP contribution in [-0.4, -0.2) is 52.2 Å². The van der Waals surface area contributed by atoms with Gasteiger partial charge < -0.3 is 20.1 Å². The molecule has 0 saturated carbocycles. The third kappa shape index (κ3) is 5.91. The summed E-state index contributed by atoms with van der Waals surface area (Å²) in [6.07, 6.45) is 2.08. The smallest absolute Gasteiger partial charge is 0.195 e. The van der Waals surface area contributed by atoms with Crippen LogP contribution in [0.15, 0.2) is 23.2 Å². The Bertz CT molecular complexity index is 720. The number of nitrogens with zero attached hydrogens (tertiary/aromatic N) is 1. The van der Waals surface area contributed by atoms with Crippen LogP contribution < -0.4 is 20.1 Å². The molecule has 1 aromatic rings. The van der Waals surface area contributed by atoms with Gasteiger partial charge in [-0.15, -0.1) is 24.0 Å². The Morgan fingerprint density at radius 3 is 2.48 bits per heavy atom. The molecule has 7 nitrogen and oxygen atoms in total. The highest BCUT2D eigenvalue weighted by atomic mass is 127. The number of halogens is 1. The lowest BCUT2D eigenvalue weighted by molar-refractivity contribution is 0.297. The molecular weight excluding hydrogens is 457 g/mol. The minimum absolute atomic E-state index is 0. The molecule has 0 saturated heterocycles. The van der Waals surface area contributed by atoms with Crippen LogP contribution in [0.25, 0.3) is 0 Å². The molecule has 9 heteroatoms. The Morgan fingerprint density at radius 1 is 1.24 bits per heavy atom. The van der Waals surface area contributed by atoms with Crippen LogP contribution in [0.4, 0.5) is 5.69 Å². The third-order valence-corrected chi connectivity index (χ3v) is 6.07. The van der Waals surface area contributed by atoms with Crippen molar-refractivity contribution in [1.82, 2.24) is 5.32 Å². The van der Waals surface area contributed by atoms with Gasteiger partial charge in [-0.2, -0.15) is 0 Å². The first-order valence-corrected chi connectivity index (χ1v) is 9.69. The molecule has 1 heterocycles. The summed E-state index contributed by atoms with van der Waals surface area (Å²) in [5.41, 5.74) is 0.782. The Hall–Kier alpha value is -1.23. The van der Waals surface area contributed by atoms with Crippen LogP contribution >= 0.6 is 24.0 Å². The number of fused-ring (bicyclic) bond motifs is 1. The largest absolute Gasteiger partial charge is 0.490 e. The average molecular weight is 483 g/mol. The lowest BCUT2D eigenvalue weighted by atomic mass is 10.2. The molecule has 0 unspecified atom stereocenters. The maximum Gasteiger partial charge on any atom is 0.195 e. The molecule has 1 aromatic carbocycles. The van der Waals surface area contributed by atoms with Crippen LogP contribution in [-0.2, 0) is 9.84 Å². The van der Waals surface area contributed by atoms with E-state index in [-0.39, 0.29) is 30.5 Å². The standard InChI is InChI=1S/C16H25N3O4S.HI/c1-16(2,24(4,20)21)11-18-15(17-3)19-12-6-7-13-14(10-12)23-9-5-8-22-13;/h6-7,10H,5,8-9,11H2,1-4H3,(H2,17,18,19);1H. The van der Waals surface area contributed by atoms with Gasteiger partial charge >= 0.3 is 0 Å². The molecule has 0 spiro atoms. The van der Waals surface area contributed by atoms with Crippen LogP contribution in [0, 0.1) is 0 Å². The fraction of sp³-hybridized carbons (Fsp3) is 0.562. The molecule has 0 radical (unpaired) electrons. The lowest BCUT2D eigenvalue weighted by Crippen LogP contribution is -2.45. The second-order valence-electron chi connectivity index (χ2n) is 6.29. The Balaban J connectivity index is 0.00000312. The average Bonchev–Trinajstić information content (AvgIpc) is 2.75. The lowest BCUT2D eigenvalue weighted by Gasteiger charge is -2.24. The van der Waals surface area contributed by atoms with E-state index in [1.165, 1.54) is 6.26 Å². The summed E-state index contributed by atoms with van der Waals surface area (Å²) >= 11 is 0. The first-order chi connectivity index (χ1) is 11.2. The molecular formula is C16H26IN3O4S. The van der Waals surface area contributed by atoms with E-state index in [2.05, 4.69) is 15.6 Å². The van der Waals surface area contributed by atoms with Gasteiger partial charge in [0, 0.05) is 38.0 Å². The summed E-state index contributed by atoms with van der Waals surface area (Å²) in [4.78, 5) is 4.13. The number of nitrogens with one attached hydrogen (secondary N) is 2. The second kappa shape index (κ2) is 8.93. The van der Waals surface area contributed by atoms with Gasteiger partial charge in [0.25, 0.3) is 0 Å². The van der Waals surface area contributed by atoms with Crippen LogP contribution in [0.5, 0.6) is 11.5 Å². The molecule has 2 rings (SSSR count). The first kappa shape index (κ1) is 21.8. The van der Waals surface area contributed by atoms with Crippen LogP contribution in [0.1, 0.15) is 20.3 Å². The number of guanidine groups is 1. The third-order valence-electron chi connectivity index (χ3n) is 3.92. The van der Waals surface area contributed by atoms with Gasteiger partial charge in [-0.3, -0.25) is 4.99 Å². The van der Waals surface area contributed by atoms with Gasteiger partial charge in [-0.25, -0.2) is 8.42 Å². The zero-order chi connectivity index (χ0) is 17.8. The highest BCUT2D eigenvalue weighted by molar-refractivity contribution is 14.0. The van der Waals surface area contributed by atoms with Gasteiger partial charge in [0.05, 0.1) is 18.0 Å². The summed E-state index contributed by atoms with van der Waals surface area (Å²) in [7, 11) is -1.55. The van der Waals surface area contributed by atoms with Crippen molar-refractivity contribution in [2.24, 2.45) is 4.99 Å². The SMILES string of the molecule is CN=C(NCC(C)(C)S(C)(=O)=O)Nc1ccc2c(c1)OCCCO2.I. The van der Waals surface area contributed by atoms with Crippen molar-refractivity contribution in [3.63, 3.8) is 0 Å². The zero-order valence-electron chi connectivity index (χ0n) is 15.0. The quantitative estimate of drug-likeness (QED) is 0.388. The molecule has 25 heavy (non-hydrogen) atoms. The Labute approximate surface area is 166 Å². The molecule has 1 aliphatic heterocycles. The van der Waals surface area contributed by atoms with Crippen molar-refractivity contribution >= 4 is 45.5 Å². The molecule has 0 atom stereocenters. The molecule has 0 bridgehead atoms. The minimum Gasteiger partial charge on any atom is -0.490 e. The predicted octanol–water partition coefficient (Wildman–Crippen LogP) is 2.28. The highest BCUT2D eigenvalue weighted by Gasteiger charge is 2.30. The monoisotopic (exact) mass is 483 g/mol. The molecule has 1 aliphatic rings. The van der Waals surface area contributed by atoms with Crippen LogP contribution in [0.2, 0.25) is 0 Å². The number of hydrogen-bond acceptors (Lipinski definition) is 5. The minimum atomic E-state index is -3.18. The van der Waals surface area contributed by atoms with E-state index >= 15 is 0 Å². The Morgan fingerprint density at radius 2 is 1.88 bits per heavy atom. The maximum absolute atomic E-state index is 11.8. The number of anilines is 1. The van der Waals surface area contributed by atoms with Gasteiger partial charge in [0.1, 0.15) is 0 Å². The molecule has 0 aliphatic carbocycles. The summed E-state index contributed by atoms with van der Waals surface area (Å²) in [5.74, 6) is 1.89. The van der Waals surface area contributed by atoms with E-state index in [4.69, 9.17) is 9.47 Å². The fourth-order valence-corrected chi connectivity index (χ4v) is 2.32. The molecule has 0 amide bonds. The normalized spacial score (nSPS) is 15.0. The number of hydrogen-bond donors (Lipinski definition) is 2. The number of sulfone groups is 1. The zero-order valence-corrected chi connectivity index (χ0v) is 18.1. The Kier molecular flexibility index (Phi) is 7.79. The number of ether oxygens (including phenoxy) is 2. The van der Waals surface area contributed by atoms with E-state index in [0.717, 1.165) is 17.9 Å². The van der Waals surface area contributed by atoms with Gasteiger partial charge in [0.2, 0.25) is 0 Å². The van der Waals surface area contributed by atoms with Crippen molar-refractivity contribution in [3.8, 4) is 11.5 Å². The van der Waals surface area contributed by atoms with E-state index in [1.807, 2.05) is 18.2 Å². The number of benzene rings is 1. The summed E-state index contributed by atoms with van der Waals surface area (Å²) in [6.45, 7) is 4.86. The first-order valence-electron chi connectivity index (χ1n) is 7.80. The van der Waals surface area contributed by atoms with E-state index < -0.39 is 14.6 Å². The van der Waals surface area contributed by atoms with Crippen molar-refractivity contribution < 1.29 is 17.9 Å². The predicted molar refractivity (Wildman–Crippen MR) is 111 cm³/mol. The van der Waals surface area contributed by atoms with E-state index in [9.17, 15) is 8.42 Å². The molecule has 0 aromatic heterocycles. The number of rotatable bonds is 4. The van der Waals surface area contributed by atoms with Crippen molar-refractivity contribution in [2.45, 2.75) is 25.0 Å². The van der Waals surface area contributed by atoms with Gasteiger partial charge in [-0.05, 0) is 26.0 Å². The van der Waals surface area contributed by atoms with Crippen molar-refractivity contribution in [3.05, 3.63) is 18.2 Å². The summed E-state index contributed by atoms with van der Waals surface area (Å²) in [6, 6.07) is 5.55.